The summed E-state index contributed by atoms with van der Waals surface area (Å²) in [6.45, 7) is 9.04. The Hall–Kier alpha value is -0.860. The molecule has 440 valence electrons. The summed E-state index contributed by atoms with van der Waals surface area (Å²) in [6, 6.07) is 0. The van der Waals surface area contributed by atoms with Crippen molar-refractivity contribution >= 4 is 61.6 Å². The zero-order valence-corrected chi connectivity index (χ0v) is 52.9. The summed E-state index contributed by atoms with van der Waals surface area (Å²) < 4.78 is 11.9. The first-order valence-corrected chi connectivity index (χ1v) is 33.0. The van der Waals surface area contributed by atoms with Gasteiger partial charge in [0.25, 0.3) is 0 Å². The first-order valence-electron chi connectivity index (χ1n) is 33.0. The van der Waals surface area contributed by atoms with E-state index < -0.39 is 11.9 Å². The molecule has 0 aliphatic rings. The zero-order valence-electron chi connectivity index (χ0n) is 50.7. The topological polar surface area (TPSA) is 133 Å². The third-order valence-electron chi connectivity index (χ3n) is 15.1. The molecule has 0 aromatic rings. The van der Waals surface area contributed by atoms with E-state index in [0.717, 1.165) is 116 Å². The second-order valence-corrected chi connectivity index (χ2v) is 22.7. The maximum Gasteiger partial charge on any atom is 2.00 e. The molecule has 0 spiro atoms. The van der Waals surface area contributed by atoms with Crippen LogP contribution >= 0.6 is 0 Å². The van der Waals surface area contributed by atoms with Crippen LogP contribution in [-0.2, 0) is 28.7 Å². The summed E-state index contributed by atoms with van der Waals surface area (Å²) >= 11 is 0. The summed E-state index contributed by atoms with van der Waals surface area (Å²) in [7, 11) is 0. The van der Waals surface area contributed by atoms with E-state index in [0.29, 0.717) is 25.7 Å². The normalized spacial score (nSPS) is 11.9. The predicted molar refractivity (Wildman–Crippen MR) is 317 cm³/mol. The van der Waals surface area contributed by atoms with Gasteiger partial charge in [-0.1, -0.05) is 285 Å². The fourth-order valence-electron chi connectivity index (χ4n) is 10.2. The largest absolute Gasteiger partial charge is 2.00 e. The van der Waals surface area contributed by atoms with Gasteiger partial charge in [0.1, 0.15) is 12.2 Å². The van der Waals surface area contributed by atoms with Crippen molar-refractivity contribution in [1.82, 2.24) is 0 Å². The standard InChI is InChI=1S/2C33H64O4.Ca/c2*1-3-5-7-9-11-12-13-14-15-17-22-26-30-33(36)37-31(27-23-19-16-10-8-6-4-2)28-24-20-18-21-25-29-32(34)35;/h2*31H,3-30H2,1-2H3,(H,34,35);/q;;+2/p-2. The molecule has 0 heterocycles. The zero-order chi connectivity index (χ0) is 54.5. The van der Waals surface area contributed by atoms with Gasteiger partial charge in [0.15, 0.2) is 0 Å². The molecule has 0 saturated heterocycles. The van der Waals surface area contributed by atoms with Crippen LogP contribution in [0.15, 0.2) is 0 Å². The van der Waals surface area contributed by atoms with Crippen molar-refractivity contribution in [1.29, 1.82) is 0 Å². The third-order valence-corrected chi connectivity index (χ3v) is 15.1. The van der Waals surface area contributed by atoms with Crippen molar-refractivity contribution in [3.8, 4) is 0 Å². The summed E-state index contributed by atoms with van der Waals surface area (Å²) in [6.07, 6.45) is 64.3. The number of aliphatic carboxylic acids is 2. The van der Waals surface area contributed by atoms with E-state index in [9.17, 15) is 29.4 Å². The SMILES string of the molecule is CCCCCCCCCCCCCCC(=O)OC(CCCCCCCCC)CCCCCCCC(=O)[O-].CCCCCCCCCCCCCCC(=O)OC(CCCCCCCCC)CCCCCCCC(=O)[O-].[Ca+2]. The molecule has 0 saturated carbocycles. The van der Waals surface area contributed by atoms with Gasteiger partial charge in [-0.25, -0.2) is 0 Å². The number of esters is 2. The Morgan fingerprint density at radius 2 is 0.413 bits per heavy atom. The summed E-state index contributed by atoms with van der Waals surface area (Å²) in [5.41, 5.74) is 0. The van der Waals surface area contributed by atoms with Crippen molar-refractivity contribution in [3.05, 3.63) is 0 Å². The van der Waals surface area contributed by atoms with Crippen molar-refractivity contribution in [2.75, 3.05) is 0 Å². The summed E-state index contributed by atoms with van der Waals surface area (Å²) in [5, 5.41) is 21.0. The van der Waals surface area contributed by atoms with Gasteiger partial charge in [-0.3, -0.25) is 9.59 Å². The van der Waals surface area contributed by atoms with E-state index in [1.807, 2.05) is 0 Å². The van der Waals surface area contributed by atoms with E-state index >= 15 is 0 Å². The molecule has 0 amide bonds. The molecule has 0 bridgehead atoms. The Balaban J connectivity index is -0.00000136. The van der Waals surface area contributed by atoms with Crippen LogP contribution < -0.4 is 10.2 Å². The van der Waals surface area contributed by atoms with Crippen LogP contribution in [0.1, 0.15) is 387 Å². The minimum atomic E-state index is -0.949. The van der Waals surface area contributed by atoms with Gasteiger partial charge in [0.2, 0.25) is 0 Å². The molecule has 0 fully saturated rings. The van der Waals surface area contributed by atoms with Gasteiger partial charge in [-0.05, 0) is 89.9 Å². The minimum absolute atomic E-state index is 0. The number of unbranched alkanes of at least 4 members (excludes halogenated alkanes) is 42. The van der Waals surface area contributed by atoms with Crippen LogP contribution in [0, 0.1) is 0 Å². The maximum atomic E-state index is 12.5. The van der Waals surface area contributed by atoms with Crippen molar-refractivity contribution in [3.63, 3.8) is 0 Å². The summed E-state index contributed by atoms with van der Waals surface area (Å²) in [5.74, 6) is -1.91. The van der Waals surface area contributed by atoms with E-state index in [1.165, 1.54) is 205 Å². The van der Waals surface area contributed by atoms with Crippen molar-refractivity contribution in [2.24, 2.45) is 0 Å². The first-order chi connectivity index (χ1) is 36.2. The average molecular weight is 1090 g/mol. The maximum absolute atomic E-state index is 12.5. The van der Waals surface area contributed by atoms with Gasteiger partial charge in [-0.2, -0.15) is 0 Å². The van der Waals surface area contributed by atoms with E-state index in [4.69, 9.17) is 9.47 Å². The third kappa shape index (κ3) is 69.2. The number of rotatable bonds is 60. The molecule has 0 rings (SSSR count). The molecule has 9 heteroatoms. The Morgan fingerprint density at radius 3 is 0.600 bits per heavy atom. The van der Waals surface area contributed by atoms with Gasteiger partial charge >= 0.3 is 49.7 Å². The number of carbonyl (C=O) groups excluding carboxylic acids is 4. The van der Waals surface area contributed by atoms with Crippen LogP contribution in [-0.4, -0.2) is 73.8 Å². The van der Waals surface area contributed by atoms with Crippen LogP contribution in [0.4, 0.5) is 0 Å². The second-order valence-electron chi connectivity index (χ2n) is 22.7. The quantitative estimate of drug-likeness (QED) is 0.0334. The molecule has 0 aromatic heterocycles. The van der Waals surface area contributed by atoms with Crippen molar-refractivity contribution < 1.29 is 38.9 Å². The number of carboxylic acids is 2. The molecular formula is C66H126CaO8. The van der Waals surface area contributed by atoms with Crippen LogP contribution in [0.25, 0.3) is 0 Å². The summed E-state index contributed by atoms with van der Waals surface area (Å²) in [4.78, 5) is 46.0. The van der Waals surface area contributed by atoms with Crippen LogP contribution in [0.5, 0.6) is 0 Å². The number of hydrogen-bond donors (Lipinski definition) is 0. The fraction of sp³-hybridized carbons (Fsp3) is 0.939. The number of ether oxygens (including phenoxy) is 2. The molecular weight excluding hydrogens is 961 g/mol. The molecule has 2 atom stereocenters. The van der Waals surface area contributed by atoms with Crippen LogP contribution in [0.3, 0.4) is 0 Å². The molecule has 0 N–H and O–H groups in total. The molecule has 0 radical (unpaired) electrons. The Labute approximate surface area is 496 Å². The Morgan fingerprint density at radius 1 is 0.253 bits per heavy atom. The molecule has 2 unspecified atom stereocenters. The molecule has 75 heavy (non-hydrogen) atoms. The van der Waals surface area contributed by atoms with E-state index in [1.54, 1.807) is 0 Å². The number of carboxylic acid groups (broad SMARTS) is 2. The van der Waals surface area contributed by atoms with Gasteiger partial charge < -0.3 is 29.3 Å². The molecule has 0 aromatic carbocycles. The van der Waals surface area contributed by atoms with Crippen molar-refractivity contribution in [2.45, 2.75) is 399 Å². The van der Waals surface area contributed by atoms with Gasteiger partial charge in [0, 0.05) is 24.8 Å². The Bertz CT molecular complexity index is 1080. The molecule has 0 aliphatic carbocycles. The molecule has 8 nitrogen and oxygen atoms in total. The predicted octanol–water partition coefficient (Wildman–Crippen LogP) is 18.8. The second kappa shape index (κ2) is 67.4. The van der Waals surface area contributed by atoms with E-state index in [-0.39, 0.29) is 74.7 Å². The number of hydrogen-bond acceptors (Lipinski definition) is 8. The van der Waals surface area contributed by atoms with Gasteiger partial charge in [-0.15, -0.1) is 0 Å². The first kappa shape index (κ1) is 78.4. The van der Waals surface area contributed by atoms with Gasteiger partial charge in [0.05, 0.1) is 0 Å². The minimum Gasteiger partial charge on any atom is -0.550 e. The number of carbonyl (C=O) groups is 4. The Kier molecular flexibility index (Phi) is 70.4. The fourth-order valence-corrected chi connectivity index (χ4v) is 10.2. The monoisotopic (exact) mass is 1090 g/mol. The van der Waals surface area contributed by atoms with E-state index in [2.05, 4.69) is 27.7 Å². The van der Waals surface area contributed by atoms with Crippen LogP contribution in [0.2, 0.25) is 0 Å². The molecule has 0 aliphatic heterocycles. The smallest absolute Gasteiger partial charge is 0.550 e. The average Bonchev–Trinajstić information content (AvgIpc) is 3.37.